The van der Waals surface area contributed by atoms with Gasteiger partial charge in [-0.3, -0.25) is 19.6 Å². The molecular formula is C20H24N4O2. The molecule has 2 rings (SSSR count). The molecule has 6 heteroatoms. The minimum absolute atomic E-state index is 0.131. The fraction of sp³-hybridized carbons (Fsp3) is 0.300. The maximum atomic E-state index is 12.2. The van der Waals surface area contributed by atoms with Gasteiger partial charge in [0.05, 0.1) is 0 Å². The van der Waals surface area contributed by atoms with Crippen molar-refractivity contribution in [1.29, 1.82) is 0 Å². The smallest absolute Gasteiger partial charge is 0.269 e. The lowest BCUT2D eigenvalue weighted by molar-refractivity contribution is -0.117. The Labute approximate surface area is 153 Å². The Hall–Kier alpha value is -3.02. The lowest BCUT2D eigenvalue weighted by atomic mass is 10.1. The second-order valence-electron chi connectivity index (χ2n) is 5.89. The molecular weight excluding hydrogens is 328 g/mol. The maximum absolute atomic E-state index is 12.2. The van der Waals surface area contributed by atoms with Crippen molar-refractivity contribution >= 4 is 17.9 Å². The molecule has 1 unspecified atom stereocenters. The van der Waals surface area contributed by atoms with Crippen LogP contribution in [-0.2, 0) is 4.79 Å². The van der Waals surface area contributed by atoms with E-state index < -0.39 is 0 Å². The lowest BCUT2D eigenvalue weighted by Crippen LogP contribution is -2.43. The Bertz CT molecular complexity index is 717. The van der Waals surface area contributed by atoms with E-state index in [0.717, 1.165) is 24.8 Å². The van der Waals surface area contributed by atoms with E-state index in [1.165, 1.54) is 6.08 Å². The molecule has 0 aliphatic rings. The van der Waals surface area contributed by atoms with Gasteiger partial charge >= 0.3 is 0 Å². The predicted molar refractivity (Wildman–Crippen MR) is 101 cm³/mol. The highest BCUT2D eigenvalue weighted by molar-refractivity contribution is 5.93. The summed E-state index contributed by atoms with van der Waals surface area (Å²) in [4.78, 5) is 32.3. The molecule has 2 amide bonds. The topological polar surface area (TPSA) is 84.0 Å². The molecule has 0 radical (unpaired) electrons. The highest BCUT2D eigenvalue weighted by Gasteiger charge is 2.13. The molecule has 2 heterocycles. The molecule has 0 saturated carbocycles. The number of carbonyl (C=O) groups excluding carboxylic acids is 2. The van der Waals surface area contributed by atoms with Gasteiger partial charge in [-0.05, 0) is 36.3 Å². The van der Waals surface area contributed by atoms with Crippen LogP contribution in [-0.4, -0.2) is 34.4 Å². The zero-order chi connectivity index (χ0) is 18.6. The molecule has 2 aromatic heterocycles. The van der Waals surface area contributed by atoms with Gasteiger partial charge in [-0.25, -0.2) is 0 Å². The monoisotopic (exact) mass is 352 g/mol. The normalized spacial score (nSPS) is 11.9. The number of nitrogens with zero attached hydrogens (tertiary/aromatic N) is 2. The van der Waals surface area contributed by atoms with Crippen molar-refractivity contribution in [1.82, 2.24) is 20.6 Å². The molecule has 0 aliphatic carbocycles. The summed E-state index contributed by atoms with van der Waals surface area (Å²) in [5.41, 5.74) is 1.22. The number of nitrogens with one attached hydrogen (secondary N) is 2. The average Bonchev–Trinajstić information content (AvgIpc) is 2.69. The van der Waals surface area contributed by atoms with Crippen molar-refractivity contribution < 1.29 is 9.59 Å². The van der Waals surface area contributed by atoms with E-state index in [2.05, 4.69) is 27.5 Å². The van der Waals surface area contributed by atoms with Crippen molar-refractivity contribution in [2.24, 2.45) is 0 Å². The van der Waals surface area contributed by atoms with Crippen LogP contribution in [0.1, 0.15) is 42.2 Å². The first-order valence-corrected chi connectivity index (χ1v) is 8.77. The maximum Gasteiger partial charge on any atom is 0.269 e. The third kappa shape index (κ3) is 6.84. The predicted octanol–water partition coefficient (Wildman–Crippen LogP) is 2.59. The van der Waals surface area contributed by atoms with Gasteiger partial charge < -0.3 is 10.6 Å². The van der Waals surface area contributed by atoms with Gasteiger partial charge in [-0.15, -0.1) is 0 Å². The van der Waals surface area contributed by atoms with Crippen LogP contribution in [0.25, 0.3) is 6.08 Å². The van der Waals surface area contributed by atoms with E-state index in [4.69, 9.17) is 0 Å². The van der Waals surface area contributed by atoms with E-state index in [-0.39, 0.29) is 17.9 Å². The molecule has 2 N–H and O–H groups in total. The number of hydrogen-bond acceptors (Lipinski definition) is 4. The highest BCUT2D eigenvalue weighted by atomic mass is 16.2. The van der Waals surface area contributed by atoms with Crippen molar-refractivity contribution in [2.45, 2.75) is 32.2 Å². The average molecular weight is 352 g/mol. The number of pyridine rings is 2. The zero-order valence-electron chi connectivity index (χ0n) is 14.9. The Balaban J connectivity index is 1.88. The molecule has 0 bridgehead atoms. The SMILES string of the molecule is CCCCC(CNC(=O)c1ccccn1)NC(=O)C=Cc1cccnc1. The first-order chi connectivity index (χ1) is 12.7. The molecule has 6 nitrogen and oxygen atoms in total. The van der Waals surface area contributed by atoms with E-state index in [0.29, 0.717) is 12.2 Å². The summed E-state index contributed by atoms with van der Waals surface area (Å²) in [6.45, 7) is 2.45. The summed E-state index contributed by atoms with van der Waals surface area (Å²) < 4.78 is 0. The molecule has 0 spiro atoms. The summed E-state index contributed by atoms with van der Waals surface area (Å²) in [6, 6.07) is 8.74. The zero-order valence-corrected chi connectivity index (χ0v) is 14.9. The lowest BCUT2D eigenvalue weighted by Gasteiger charge is -2.18. The summed E-state index contributed by atoms with van der Waals surface area (Å²) in [6.07, 6.45) is 10.9. The number of amides is 2. The highest BCUT2D eigenvalue weighted by Crippen LogP contribution is 2.02. The largest absolute Gasteiger partial charge is 0.349 e. The van der Waals surface area contributed by atoms with Crippen LogP contribution in [0.4, 0.5) is 0 Å². The van der Waals surface area contributed by atoms with Crippen LogP contribution in [0, 0.1) is 0 Å². The second kappa shape index (κ2) is 10.8. The molecule has 0 aromatic carbocycles. The van der Waals surface area contributed by atoms with Gasteiger partial charge in [0.2, 0.25) is 5.91 Å². The van der Waals surface area contributed by atoms with E-state index in [9.17, 15) is 9.59 Å². The quantitative estimate of drug-likeness (QED) is 0.680. The van der Waals surface area contributed by atoms with Gasteiger partial charge in [0.25, 0.3) is 5.91 Å². The Morgan fingerprint density at radius 1 is 1.19 bits per heavy atom. The number of aromatic nitrogens is 2. The van der Waals surface area contributed by atoms with Gasteiger partial charge in [0.15, 0.2) is 0 Å². The van der Waals surface area contributed by atoms with E-state index in [1.807, 2.05) is 12.1 Å². The molecule has 0 aliphatic heterocycles. The first kappa shape index (κ1) is 19.3. The van der Waals surface area contributed by atoms with Crippen molar-refractivity contribution in [2.75, 3.05) is 6.54 Å². The fourth-order valence-corrected chi connectivity index (χ4v) is 2.38. The Morgan fingerprint density at radius 3 is 2.77 bits per heavy atom. The van der Waals surface area contributed by atoms with Crippen LogP contribution in [0.15, 0.2) is 55.0 Å². The summed E-state index contributed by atoms with van der Waals surface area (Å²) in [5.74, 6) is -0.436. The second-order valence-corrected chi connectivity index (χ2v) is 5.89. The molecule has 0 fully saturated rings. The van der Waals surface area contributed by atoms with E-state index >= 15 is 0 Å². The Morgan fingerprint density at radius 2 is 2.08 bits per heavy atom. The number of rotatable bonds is 9. The third-order valence-electron chi connectivity index (χ3n) is 3.77. The molecule has 0 saturated heterocycles. The van der Waals surface area contributed by atoms with Gasteiger partial charge in [-0.1, -0.05) is 31.9 Å². The minimum atomic E-state index is -0.243. The molecule has 2 aromatic rings. The van der Waals surface area contributed by atoms with Crippen LogP contribution >= 0.6 is 0 Å². The van der Waals surface area contributed by atoms with Gasteiger partial charge in [-0.2, -0.15) is 0 Å². The van der Waals surface area contributed by atoms with Crippen molar-refractivity contribution in [3.63, 3.8) is 0 Å². The summed E-state index contributed by atoms with van der Waals surface area (Å²) >= 11 is 0. The third-order valence-corrected chi connectivity index (χ3v) is 3.77. The van der Waals surface area contributed by atoms with Crippen molar-refractivity contribution in [3.05, 3.63) is 66.3 Å². The van der Waals surface area contributed by atoms with Crippen LogP contribution in [0.3, 0.4) is 0 Å². The Kier molecular flexibility index (Phi) is 7.99. The summed E-state index contributed by atoms with van der Waals surface area (Å²) in [7, 11) is 0. The van der Waals surface area contributed by atoms with Crippen LogP contribution < -0.4 is 10.6 Å². The molecule has 136 valence electrons. The minimum Gasteiger partial charge on any atom is -0.349 e. The van der Waals surface area contributed by atoms with Gasteiger partial charge in [0.1, 0.15) is 5.69 Å². The van der Waals surface area contributed by atoms with Crippen LogP contribution in [0.2, 0.25) is 0 Å². The standard InChI is InChI=1S/C20H24N4O2/c1-2-3-8-17(15-23-20(26)18-9-4-5-13-22-18)24-19(25)11-10-16-7-6-12-21-14-16/h4-7,9-14,17H,2-3,8,15H2,1H3,(H,23,26)(H,24,25). The van der Waals surface area contributed by atoms with Gasteiger partial charge in [0, 0.05) is 37.3 Å². The first-order valence-electron chi connectivity index (χ1n) is 8.77. The summed E-state index contributed by atoms with van der Waals surface area (Å²) in [5, 5.41) is 5.78. The van der Waals surface area contributed by atoms with Crippen LogP contribution in [0.5, 0.6) is 0 Å². The number of hydrogen-bond donors (Lipinski definition) is 2. The molecule has 26 heavy (non-hydrogen) atoms. The molecule has 1 atom stereocenters. The van der Waals surface area contributed by atoms with Crippen molar-refractivity contribution in [3.8, 4) is 0 Å². The van der Waals surface area contributed by atoms with E-state index in [1.54, 1.807) is 42.9 Å². The number of carbonyl (C=O) groups is 2. The number of unbranched alkanes of at least 4 members (excludes halogenated alkanes) is 1. The fourth-order valence-electron chi connectivity index (χ4n) is 2.38.